The van der Waals surface area contributed by atoms with Crippen LogP contribution >= 0.6 is 11.8 Å². The van der Waals surface area contributed by atoms with Crippen molar-refractivity contribution in [1.29, 1.82) is 0 Å². The standard InChI is InChI=1S/C9H10N2O3S.C7H8O3S.C5H10O2/c1-3-4(2)15-8-5(10)7(12)11(8)6(3)9(13)14;1-6-2-4-7(5-3-6)11(8,9)10;1-5(2,3)4(6)7/h5,8H,2,10H2,1H3,(H,13,14);2-5H,1H3,(H,8,9,10);1-3H3,(H,6,7)/t5-,8-;;/m1../s1. The molecular formula is C21H28N2O8S2. The summed E-state index contributed by atoms with van der Waals surface area (Å²) >= 11 is 1.34. The van der Waals surface area contributed by atoms with Crippen LogP contribution in [0.25, 0.3) is 0 Å². The van der Waals surface area contributed by atoms with E-state index in [4.69, 9.17) is 20.5 Å². The van der Waals surface area contributed by atoms with Gasteiger partial charge in [0.1, 0.15) is 17.1 Å². The minimum atomic E-state index is -4.02. The second-order valence-electron chi connectivity index (χ2n) is 8.29. The predicted molar refractivity (Wildman–Crippen MR) is 124 cm³/mol. The number of hydrogen-bond acceptors (Lipinski definition) is 7. The van der Waals surface area contributed by atoms with Gasteiger partial charge in [-0.1, -0.05) is 36.0 Å². The van der Waals surface area contributed by atoms with Crippen molar-refractivity contribution >= 4 is 39.7 Å². The quantitative estimate of drug-likeness (QED) is 0.348. The van der Waals surface area contributed by atoms with Crippen LogP contribution in [0, 0.1) is 12.3 Å². The van der Waals surface area contributed by atoms with Crippen LogP contribution in [0.3, 0.4) is 0 Å². The van der Waals surface area contributed by atoms with Crippen molar-refractivity contribution in [3.63, 3.8) is 0 Å². The number of aryl methyl sites for hydroxylation is 1. The maximum atomic E-state index is 11.4. The first kappa shape index (κ1) is 28.4. The van der Waals surface area contributed by atoms with Crippen LogP contribution in [0.4, 0.5) is 0 Å². The van der Waals surface area contributed by atoms with E-state index in [0.29, 0.717) is 10.5 Å². The maximum absolute atomic E-state index is 11.4. The van der Waals surface area contributed by atoms with Gasteiger partial charge >= 0.3 is 11.9 Å². The number of rotatable bonds is 2. The number of fused-ring (bicyclic) bond motifs is 1. The summed E-state index contributed by atoms with van der Waals surface area (Å²) in [5.41, 5.74) is 6.49. The van der Waals surface area contributed by atoms with Gasteiger partial charge in [-0.3, -0.25) is 19.0 Å². The molecule has 5 N–H and O–H groups in total. The van der Waals surface area contributed by atoms with E-state index in [1.54, 1.807) is 39.8 Å². The molecule has 12 heteroatoms. The van der Waals surface area contributed by atoms with E-state index in [-0.39, 0.29) is 21.9 Å². The Morgan fingerprint density at radius 3 is 1.94 bits per heavy atom. The number of benzene rings is 1. The van der Waals surface area contributed by atoms with Gasteiger partial charge in [-0.25, -0.2) is 4.79 Å². The molecule has 0 spiro atoms. The molecule has 3 rings (SSSR count). The van der Waals surface area contributed by atoms with Crippen molar-refractivity contribution in [2.24, 2.45) is 11.1 Å². The lowest BCUT2D eigenvalue weighted by molar-refractivity contribution is -0.147. The molecule has 33 heavy (non-hydrogen) atoms. The van der Waals surface area contributed by atoms with Gasteiger partial charge < -0.3 is 15.9 Å². The number of nitrogens with zero attached hydrogens (tertiary/aromatic N) is 1. The SMILES string of the molecule is C=C1S[C@@H]2[C@H](N)C(=O)N2C(C(=O)O)=C1C.CC(C)(C)C(=O)O.Cc1ccc(S(=O)(=O)O)cc1. The molecule has 1 fully saturated rings. The maximum Gasteiger partial charge on any atom is 0.352 e. The van der Waals surface area contributed by atoms with Crippen LogP contribution < -0.4 is 5.73 Å². The Balaban J connectivity index is 0.000000267. The molecule has 2 aliphatic heterocycles. The Bertz CT molecular complexity index is 1090. The number of aliphatic carboxylic acids is 2. The summed E-state index contributed by atoms with van der Waals surface area (Å²) < 4.78 is 29.6. The van der Waals surface area contributed by atoms with E-state index in [1.807, 2.05) is 6.92 Å². The molecule has 0 saturated carbocycles. The number of carbonyl (C=O) groups excluding carboxylic acids is 1. The zero-order valence-electron chi connectivity index (χ0n) is 18.9. The Labute approximate surface area is 196 Å². The molecule has 182 valence electrons. The van der Waals surface area contributed by atoms with Gasteiger partial charge in [-0.05, 0) is 52.3 Å². The lowest BCUT2D eigenvalue weighted by Gasteiger charge is -2.48. The number of thioether (sulfide) groups is 1. The van der Waals surface area contributed by atoms with E-state index in [2.05, 4.69) is 6.58 Å². The fraction of sp³-hybridized carbons (Fsp3) is 0.381. The van der Waals surface area contributed by atoms with Crippen LogP contribution in [0.1, 0.15) is 33.3 Å². The van der Waals surface area contributed by atoms with Gasteiger partial charge in [-0.2, -0.15) is 8.42 Å². The van der Waals surface area contributed by atoms with Crippen molar-refractivity contribution in [3.05, 3.63) is 52.6 Å². The number of nitrogens with two attached hydrogens (primary N) is 1. The molecule has 0 unspecified atom stereocenters. The Kier molecular flexibility index (Phi) is 9.03. The summed E-state index contributed by atoms with van der Waals surface area (Å²) in [5, 5.41) is 17.0. The summed E-state index contributed by atoms with van der Waals surface area (Å²) in [6, 6.07) is 5.37. The van der Waals surface area contributed by atoms with Gasteiger partial charge in [0, 0.05) is 4.91 Å². The first-order valence-corrected chi connectivity index (χ1v) is 11.9. The number of allylic oxidation sites excluding steroid dienone is 1. The Hall–Kier alpha value is -2.67. The lowest BCUT2D eigenvalue weighted by atomic mass is 9.98. The van der Waals surface area contributed by atoms with Crippen molar-refractivity contribution < 1.29 is 37.6 Å². The van der Waals surface area contributed by atoms with Gasteiger partial charge in [-0.15, -0.1) is 0 Å². The van der Waals surface area contributed by atoms with Gasteiger partial charge in [0.2, 0.25) is 5.91 Å². The van der Waals surface area contributed by atoms with Crippen LogP contribution in [0.2, 0.25) is 0 Å². The third kappa shape index (κ3) is 7.16. The average molecular weight is 501 g/mol. The molecule has 0 bridgehead atoms. The number of hydrogen-bond donors (Lipinski definition) is 4. The molecule has 0 aliphatic carbocycles. The number of amides is 1. The van der Waals surface area contributed by atoms with E-state index < -0.39 is 33.5 Å². The number of carbonyl (C=O) groups is 3. The Morgan fingerprint density at radius 2 is 1.58 bits per heavy atom. The normalized spacial score (nSPS) is 19.9. The third-order valence-electron chi connectivity index (χ3n) is 4.52. The minimum absolute atomic E-state index is 0.00968. The first-order chi connectivity index (χ1) is 14.9. The highest BCUT2D eigenvalue weighted by Gasteiger charge is 2.52. The summed E-state index contributed by atoms with van der Waals surface area (Å²) in [6.07, 6.45) is 0. The third-order valence-corrected chi connectivity index (χ3v) is 6.73. The van der Waals surface area contributed by atoms with Crippen LogP contribution in [0.15, 0.2) is 51.9 Å². The van der Waals surface area contributed by atoms with Gasteiger partial charge in [0.05, 0.1) is 10.3 Å². The molecule has 2 aliphatic rings. The highest BCUT2D eigenvalue weighted by Crippen LogP contribution is 2.44. The topological polar surface area (TPSA) is 175 Å². The molecule has 10 nitrogen and oxygen atoms in total. The van der Waals surface area contributed by atoms with Gasteiger partial charge in [0.15, 0.2) is 0 Å². The molecule has 2 heterocycles. The number of β-lactam (4-membered cyclic amide) rings is 1. The molecule has 0 aromatic heterocycles. The fourth-order valence-electron chi connectivity index (χ4n) is 2.37. The minimum Gasteiger partial charge on any atom is -0.481 e. The zero-order valence-corrected chi connectivity index (χ0v) is 20.5. The average Bonchev–Trinajstić information content (AvgIpc) is 2.68. The van der Waals surface area contributed by atoms with E-state index in [9.17, 15) is 22.8 Å². The summed E-state index contributed by atoms with van der Waals surface area (Å²) in [7, 11) is -4.02. The van der Waals surface area contributed by atoms with Crippen molar-refractivity contribution in [1.82, 2.24) is 4.90 Å². The van der Waals surface area contributed by atoms with E-state index in [0.717, 1.165) is 5.56 Å². The summed E-state index contributed by atoms with van der Waals surface area (Å²) in [4.78, 5) is 34.3. The van der Waals surface area contributed by atoms with Gasteiger partial charge in [0.25, 0.3) is 10.1 Å². The van der Waals surface area contributed by atoms with Crippen LogP contribution in [-0.2, 0) is 24.5 Å². The second kappa shape index (κ2) is 10.5. The first-order valence-electron chi connectivity index (χ1n) is 9.56. The number of carboxylic acids is 2. The molecular weight excluding hydrogens is 472 g/mol. The van der Waals surface area contributed by atoms with Crippen LogP contribution in [0.5, 0.6) is 0 Å². The fourth-order valence-corrected chi connectivity index (χ4v) is 3.99. The van der Waals surface area contributed by atoms with Crippen LogP contribution in [-0.4, -0.2) is 57.3 Å². The monoisotopic (exact) mass is 500 g/mol. The summed E-state index contributed by atoms with van der Waals surface area (Å²) in [6.45, 7) is 12.2. The largest absolute Gasteiger partial charge is 0.481 e. The van der Waals surface area contributed by atoms with E-state index >= 15 is 0 Å². The highest BCUT2D eigenvalue weighted by atomic mass is 32.2. The molecule has 1 saturated heterocycles. The smallest absolute Gasteiger partial charge is 0.352 e. The summed E-state index contributed by atoms with van der Waals surface area (Å²) in [5.74, 6) is -2.21. The van der Waals surface area contributed by atoms with Crippen molar-refractivity contribution in [3.8, 4) is 0 Å². The lowest BCUT2D eigenvalue weighted by Crippen LogP contribution is -2.68. The van der Waals surface area contributed by atoms with E-state index in [1.165, 1.54) is 28.8 Å². The van der Waals surface area contributed by atoms with Crippen molar-refractivity contribution in [2.75, 3.05) is 0 Å². The Morgan fingerprint density at radius 1 is 1.12 bits per heavy atom. The zero-order chi connectivity index (χ0) is 25.9. The predicted octanol–water partition coefficient (Wildman–Crippen LogP) is 2.46. The second-order valence-corrected chi connectivity index (χ2v) is 10.9. The molecule has 1 aromatic carbocycles. The molecule has 2 atom stereocenters. The molecule has 1 amide bonds. The molecule has 1 aromatic rings. The van der Waals surface area contributed by atoms with Crippen molar-refractivity contribution in [2.45, 2.75) is 50.9 Å². The number of carboxylic acid groups (broad SMARTS) is 2. The highest BCUT2D eigenvalue weighted by molar-refractivity contribution is 8.04. The molecule has 0 radical (unpaired) electrons.